The van der Waals surface area contributed by atoms with Crippen molar-refractivity contribution in [1.29, 1.82) is 0 Å². The van der Waals surface area contributed by atoms with Gasteiger partial charge in [-0.2, -0.15) is 0 Å². The van der Waals surface area contributed by atoms with E-state index in [1.54, 1.807) is 4.90 Å². The molecule has 0 aromatic heterocycles. The average molecular weight is 488 g/mol. The van der Waals surface area contributed by atoms with Crippen molar-refractivity contribution in [3.63, 3.8) is 0 Å². The zero-order chi connectivity index (χ0) is 25.2. The van der Waals surface area contributed by atoms with Gasteiger partial charge in [0.05, 0.1) is 16.8 Å². The Bertz CT molecular complexity index is 1320. The van der Waals surface area contributed by atoms with Crippen LogP contribution in [0.25, 0.3) is 5.57 Å². The monoisotopic (exact) mass is 487 g/mol. The van der Waals surface area contributed by atoms with Gasteiger partial charge in [0.1, 0.15) is 6.61 Å². The van der Waals surface area contributed by atoms with Gasteiger partial charge >= 0.3 is 0 Å². The summed E-state index contributed by atoms with van der Waals surface area (Å²) >= 11 is 0. The minimum atomic E-state index is -0.635. The molecule has 0 aliphatic carbocycles. The van der Waals surface area contributed by atoms with Gasteiger partial charge in [-0.3, -0.25) is 24.2 Å². The number of aryl methyl sites for hydroxylation is 1. The van der Waals surface area contributed by atoms with Gasteiger partial charge in [-0.25, -0.2) is 0 Å². The highest BCUT2D eigenvalue weighted by Crippen LogP contribution is 2.46. The molecule has 6 rings (SSSR count). The van der Waals surface area contributed by atoms with Gasteiger partial charge < -0.3 is 14.4 Å². The molecule has 2 aromatic carbocycles. The molecule has 0 unspecified atom stereocenters. The highest BCUT2D eigenvalue weighted by Gasteiger charge is 2.47. The molecular formula is C28H29N3O5. The van der Waals surface area contributed by atoms with Crippen LogP contribution < -0.4 is 14.4 Å². The minimum absolute atomic E-state index is 0.0497. The molecule has 0 radical (unpaired) electrons. The quantitative estimate of drug-likeness (QED) is 0.620. The van der Waals surface area contributed by atoms with E-state index in [0.29, 0.717) is 36.7 Å². The van der Waals surface area contributed by atoms with Crippen LogP contribution in [0.15, 0.2) is 42.5 Å². The second-order valence-corrected chi connectivity index (χ2v) is 10.5. The average Bonchev–Trinajstić information content (AvgIpc) is 3.13. The van der Waals surface area contributed by atoms with E-state index in [1.807, 2.05) is 56.0 Å². The Kier molecular flexibility index (Phi) is 5.19. The largest absolute Gasteiger partial charge is 0.485 e. The predicted molar refractivity (Wildman–Crippen MR) is 134 cm³/mol. The number of hydrogen-bond acceptors (Lipinski definition) is 6. The smallest absolute Gasteiger partial charge is 0.300 e. The Hall–Kier alpha value is -3.65. The molecular weight excluding hydrogens is 458 g/mol. The molecule has 4 heterocycles. The number of ether oxygens (including phenoxy) is 2. The van der Waals surface area contributed by atoms with Crippen LogP contribution in [0.2, 0.25) is 0 Å². The molecule has 186 valence electrons. The topological polar surface area (TPSA) is 79.4 Å². The molecule has 0 saturated carbocycles. The van der Waals surface area contributed by atoms with Gasteiger partial charge in [0.15, 0.2) is 11.5 Å². The molecule has 1 fully saturated rings. The maximum atomic E-state index is 13.1. The molecule has 36 heavy (non-hydrogen) atoms. The number of amides is 2. The number of Topliss-reactive ketones (excluding diaryl/α,β-unsaturated/α-hetero) is 1. The van der Waals surface area contributed by atoms with E-state index in [2.05, 4.69) is 17.0 Å². The third-order valence-corrected chi connectivity index (χ3v) is 7.43. The van der Waals surface area contributed by atoms with Crippen LogP contribution in [0.1, 0.15) is 35.3 Å². The third-order valence-electron chi connectivity index (χ3n) is 7.43. The maximum absolute atomic E-state index is 13.1. The second-order valence-electron chi connectivity index (χ2n) is 10.5. The van der Waals surface area contributed by atoms with Crippen LogP contribution in [0.4, 0.5) is 5.69 Å². The summed E-state index contributed by atoms with van der Waals surface area (Å²) in [6.45, 7) is 9.45. The molecule has 0 spiro atoms. The summed E-state index contributed by atoms with van der Waals surface area (Å²) in [5, 5.41) is 0. The summed E-state index contributed by atoms with van der Waals surface area (Å²) in [6.07, 6.45) is 1.47. The van der Waals surface area contributed by atoms with Crippen molar-refractivity contribution < 1.29 is 23.9 Å². The number of hydrogen-bond donors (Lipinski definition) is 0. The van der Waals surface area contributed by atoms with Crippen molar-refractivity contribution in [3.8, 4) is 11.5 Å². The number of benzene rings is 2. The maximum Gasteiger partial charge on any atom is 0.300 e. The lowest BCUT2D eigenvalue weighted by Gasteiger charge is -2.41. The van der Waals surface area contributed by atoms with E-state index in [4.69, 9.17) is 9.47 Å². The molecule has 1 atom stereocenters. The summed E-state index contributed by atoms with van der Waals surface area (Å²) in [5.41, 5.74) is 3.67. The Labute approximate surface area is 210 Å². The summed E-state index contributed by atoms with van der Waals surface area (Å²) in [4.78, 5) is 44.4. The SMILES string of the molecule is Cc1cc2c3c(c1)C(CN1CCN(C(=O)[C@H]4COc5ccccc5O4)CC1)=CC(C)(C)N3C(=O)C2=O. The second kappa shape index (κ2) is 8.20. The Balaban J connectivity index is 1.16. The Morgan fingerprint density at radius 2 is 1.72 bits per heavy atom. The lowest BCUT2D eigenvalue weighted by molar-refractivity contribution is -0.142. The third kappa shape index (κ3) is 3.59. The number of ketones is 1. The van der Waals surface area contributed by atoms with Gasteiger partial charge in [0.25, 0.3) is 17.6 Å². The lowest BCUT2D eigenvalue weighted by Crippen LogP contribution is -2.54. The fourth-order valence-electron chi connectivity index (χ4n) is 5.72. The van der Waals surface area contributed by atoms with Crippen molar-refractivity contribution in [2.75, 3.05) is 44.2 Å². The molecule has 0 bridgehead atoms. The summed E-state index contributed by atoms with van der Waals surface area (Å²) in [7, 11) is 0. The van der Waals surface area contributed by atoms with Crippen LogP contribution in [-0.4, -0.2) is 78.4 Å². The highest BCUT2D eigenvalue weighted by molar-refractivity contribution is 6.53. The van der Waals surface area contributed by atoms with Gasteiger partial charge in [-0.15, -0.1) is 0 Å². The van der Waals surface area contributed by atoms with Gasteiger partial charge in [0, 0.05) is 38.3 Å². The zero-order valence-electron chi connectivity index (χ0n) is 20.7. The molecule has 2 aromatic rings. The summed E-state index contributed by atoms with van der Waals surface area (Å²) in [6, 6.07) is 11.3. The Morgan fingerprint density at radius 1 is 1.03 bits per heavy atom. The zero-order valence-corrected chi connectivity index (χ0v) is 20.7. The van der Waals surface area contributed by atoms with Gasteiger partial charge in [-0.05, 0) is 56.2 Å². The highest BCUT2D eigenvalue weighted by atomic mass is 16.6. The number of nitrogens with zero attached hydrogens (tertiary/aromatic N) is 3. The fraction of sp³-hybridized carbons (Fsp3) is 0.393. The molecule has 1 saturated heterocycles. The van der Waals surface area contributed by atoms with Crippen LogP contribution in [0.3, 0.4) is 0 Å². The van der Waals surface area contributed by atoms with E-state index in [1.165, 1.54) is 0 Å². The predicted octanol–water partition coefficient (Wildman–Crippen LogP) is 2.68. The standard InChI is InChI=1S/C28H29N3O5/c1-17-12-19-18(14-28(2,3)31-24(19)20(13-17)25(32)27(31)34)15-29-8-10-30(11-9-29)26(33)23-16-35-21-6-4-5-7-22(21)36-23/h4-7,12-14,23H,8-11,15-16H2,1-3H3/t23-/m1/s1. The number of piperazine rings is 1. The van der Waals surface area contributed by atoms with Crippen molar-refractivity contribution in [1.82, 2.24) is 9.80 Å². The summed E-state index contributed by atoms with van der Waals surface area (Å²) in [5.74, 6) is 0.331. The first-order chi connectivity index (χ1) is 17.2. The van der Waals surface area contributed by atoms with Gasteiger partial charge in [-0.1, -0.05) is 18.2 Å². The minimum Gasteiger partial charge on any atom is -0.485 e. The van der Waals surface area contributed by atoms with E-state index in [-0.39, 0.29) is 12.5 Å². The molecule has 8 nitrogen and oxygen atoms in total. The van der Waals surface area contributed by atoms with Gasteiger partial charge in [0.2, 0.25) is 6.10 Å². The first kappa shape index (κ1) is 22.8. The number of fused-ring (bicyclic) bond motifs is 1. The van der Waals surface area contributed by atoms with Crippen molar-refractivity contribution in [2.45, 2.75) is 32.4 Å². The normalized spacial score (nSPS) is 22.4. The first-order valence-electron chi connectivity index (χ1n) is 12.4. The number of para-hydroxylation sites is 2. The number of anilines is 1. The van der Waals surface area contributed by atoms with E-state index < -0.39 is 23.3 Å². The van der Waals surface area contributed by atoms with Crippen LogP contribution in [0.5, 0.6) is 11.5 Å². The van der Waals surface area contributed by atoms with E-state index in [9.17, 15) is 14.4 Å². The van der Waals surface area contributed by atoms with E-state index in [0.717, 1.165) is 35.5 Å². The number of carbonyl (C=O) groups excluding carboxylic acids is 3. The fourth-order valence-corrected chi connectivity index (χ4v) is 5.72. The molecule has 4 aliphatic rings. The molecule has 8 heteroatoms. The molecule has 2 amide bonds. The first-order valence-corrected chi connectivity index (χ1v) is 12.4. The number of carbonyl (C=O) groups is 3. The van der Waals surface area contributed by atoms with Crippen LogP contribution in [0, 0.1) is 6.92 Å². The van der Waals surface area contributed by atoms with Crippen molar-refractivity contribution >= 4 is 28.9 Å². The van der Waals surface area contributed by atoms with Crippen molar-refractivity contribution in [2.24, 2.45) is 0 Å². The number of rotatable bonds is 3. The van der Waals surface area contributed by atoms with Crippen LogP contribution >= 0.6 is 0 Å². The summed E-state index contributed by atoms with van der Waals surface area (Å²) < 4.78 is 11.6. The Morgan fingerprint density at radius 3 is 2.47 bits per heavy atom. The molecule has 4 aliphatic heterocycles. The van der Waals surface area contributed by atoms with Crippen LogP contribution in [-0.2, 0) is 9.59 Å². The van der Waals surface area contributed by atoms with Crippen molar-refractivity contribution in [3.05, 3.63) is 59.2 Å². The van der Waals surface area contributed by atoms with E-state index >= 15 is 0 Å². The molecule has 0 N–H and O–H groups in total. The lowest BCUT2D eigenvalue weighted by atomic mass is 9.87.